The number of amides is 2. The molecule has 1 saturated heterocycles. The molecule has 1 saturated carbocycles. The van der Waals surface area contributed by atoms with E-state index in [1.54, 1.807) is 30.1 Å². The van der Waals surface area contributed by atoms with Crippen molar-refractivity contribution in [2.75, 3.05) is 19.0 Å². The average Bonchev–Trinajstić information content (AvgIpc) is 3.50. The molecule has 2 aliphatic heterocycles. The number of carboxylic acid groups (broad SMARTS) is 1. The summed E-state index contributed by atoms with van der Waals surface area (Å²) in [5.41, 5.74) is 0.988. The number of hydrogen-bond donors (Lipinski definition) is 2. The van der Waals surface area contributed by atoms with E-state index in [9.17, 15) is 14.4 Å². The number of carbonyl (C=O) groups is 3. The van der Waals surface area contributed by atoms with Crippen LogP contribution in [0.1, 0.15) is 42.5 Å². The Morgan fingerprint density at radius 2 is 2.04 bits per heavy atom. The number of fused-ring (bicyclic) bond motifs is 2. The topological polar surface area (TPSA) is 105 Å². The number of carboxylic acids is 1. The molecule has 0 spiro atoms. The van der Waals surface area contributed by atoms with Gasteiger partial charge < -0.3 is 24.8 Å². The Hall–Kier alpha value is -2.61. The maximum atomic E-state index is 13.1. The van der Waals surface area contributed by atoms with E-state index in [0.29, 0.717) is 29.8 Å². The molecule has 1 aliphatic carbocycles. The fourth-order valence-corrected chi connectivity index (χ4v) is 3.89. The van der Waals surface area contributed by atoms with Gasteiger partial charge in [0, 0.05) is 18.7 Å². The standard InChI is InChI=1S/C20H24N2O6/c1-22-15-6-5-13(9-18(23)24)28-17(15)10-27-16-7-4-12(8-14(16)20(22)26)21-19(25)11-2-3-11/h4,7-8,11,13,15,17H,2-3,5-6,9-10H2,1H3,(H,21,25)(H,23,24)/t13-,15+,17-/m0/s1. The Morgan fingerprint density at radius 1 is 1.25 bits per heavy atom. The summed E-state index contributed by atoms with van der Waals surface area (Å²) in [4.78, 5) is 37.7. The van der Waals surface area contributed by atoms with E-state index >= 15 is 0 Å². The second kappa shape index (κ2) is 7.43. The number of nitrogens with zero attached hydrogens (tertiary/aromatic N) is 1. The lowest BCUT2D eigenvalue weighted by atomic mass is 9.94. The minimum absolute atomic E-state index is 0.0160. The van der Waals surface area contributed by atoms with Gasteiger partial charge >= 0.3 is 5.97 Å². The first-order valence-electron chi connectivity index (χ1n) is 9.64. The normalized spacial score (nSPS) is 27.0. The van der Waals surface area contributed by atoms with Crippen molar-refractivity contribution in [1.29, 1.82) is 0 Å². The number of aliphatic carboxylic acids is 1. The van der Waals surface area contributed by atoms with Crippen LogP contribution in [0.15, 0.2) is 18.2 Å². The van der Waals surface area contributed by atoms with Crippen molar-refractivity contribution in [2.45, 2.75) is 50.4 Å². The molecule has 2 N–H and O–H groups in total. The average molecular weight is 388 g/mol. The van der Waals surface area contributed by atoms with Crippen LogP contribution < -0.4 is 10.1 Å². The zero-order valence-corrected chi connectivity index (χ0v) is 15.7. The summed E-state index contributed by atoms with van der Waals surface area (Å²) >= 11 is 0. The van der Waals surface area contributed by atoms with Gasteiger partial charge in [0.25, 0.3) is 5.91 Å². The van der Waals surface area contributed by atoms with Crippen LogP contribution in [-0.2, 0) is 14.3 Å². The summed E-state index contributed by atoms with van der Waals surface area (Å²) in [5.74, 6) is -0.602. The number of hydrogen-bond acceptors (Lipinski definition) is 5. The lowest BCUT2D eigenvalue weighted by Crippen LogP contribution is -2.53. The van der Waals surface area contributed by atoms with Gasteiger partial charge in [-0.05, 0) is 43.9 Å². The van der Waals surface area contributed by atoms with Gasteiger partial charge in [-0.25, -0.2) is 0 Å². The molecule has 8 heteroatoms. The van der Waals surface area contributed by atoms with Gasteiger partial charge in [0.1, 0.15) is 18.5 Å². The first-order valence-corrected chi connectivity index (χ1v) is 9.64. The number of carbonyl (C=O) groups excluding carboxylic acids is 2. The van der Waals surface area contributed by atoms with Crippen LogP contribution in [-0.4, -0.2) is 59.7 Å². The maximum Gasteiger partial charge on any atom is 0.305 e. The molecular weight excluding hydrogens is 364 g/mol. The fraction of sp³-hybridized carbons (Fsp3) is 0.550. The van der Waals surface area contributed by atoms with Gasteiger partial charge in [0.15, 0.2) is 0 Å². The summed E-state index contributed by atoms with van der Waals surface area (Å²) in [6.45, 7) is 0.235. The van der Waals surface area contributed by atoms with Crippen LogP contribution in [0.2, 0.25) is 0 Å². The molecule has 150 valence electrons. The van der Waals surface area contributed by atoms with Crippen LogP contribution in [0.3, 0.4) is 0 Å². The minimum atomic E-state index is -0.897. The second-order valence-electron chi connectivity index (χ2n) is 7.74. The van der Waals surface area contributed by atoms with E-state index in [2.05, 4.69) is 5.32 Å². The smallest absolute Gasteiger partial charge is 0.305 e. The molecule has 4 rings (SSSR count). The van der Waals surface area contributed by atoms with Gasteiger partial charge in [0.2, 0.25) is 5.91 Å². The van der Waals surface area contributed by atoms with Gasteiger partial charge in [-0.2, -0.15) is 0 Å². The van der Waals surface area contributed by atoms with Gasteiger partial charge in [-0.15, -0.1) is 0 Å². The first kappa shape index (κ1) is 18.7. The Labute approximate surface area is 162 Å². The SMILES string of the molecule is CN1C(=O)c2cc(NC(=O)C3CC3)ccc2OC[C@@H]2O[C@H](CC(=O)O)CC[C@H]21. The largest absolute Gasteiger partial charge is 0.490 e. The summed E-state index contributed by atoms with van der Waals surface area (Å²) in [6, 6.07) is 4.88. The highest BCUT2D eigenvalue weighted by Crippen LogP contribution is 2.34. The summed E-state index contributed by atoms with van der Waals surface area (Å²) < 4.78 is 11.8. The predicted octanol–water partition coefficient (Wildman–Crippen LogP) is 1.89. The number of rotatable bonds is 4. The van der Waals surface area contributed by atoms with E-state index in [4.69, 9.17) is 14.6 Å². The second-order valence-corrected chi connectivity index (χ2v) is 7.74. The van der Waals surface area contributed by atoms with Crippen molar-refractivity contribution in [3.8, 4) is 5.75 Å². The van der Waals surface area contributed by atoms with E-state index in [1.165, 1.54) is 0 Å². The molecule has 2 amide bonds. The predicted molar refractivity (Wildman–Crippen MR) is 99.3 cm³/mol. The zero-order chi connectivity index (χ0) is 19.8. The highest BCUT2D eigenvalue weighted by molar-refractivity contribution is 6.00. The van der Waals surface area contributed by atoms with E-state index < -0.39 is 5.97 Å². The zero-order valence-electron chi connectivity index (χ0n) is 15.7. The molecule has 2 heterocycles. The third-order valence-electron chi connectivity index (χ3n) is 5.63. The molecule has 3 aliphatic rings. The van der Waals surface area contributed by atoms with Crippen molar-refractivity contribution in [3.63, 3.8) is 0 Å². The molecule has 0 aromatic heterocycles. The van der Waals surface area contributed by atoms with Crippen molar-refractivity contribution >= 4 is 23.5 Å². The number of likely N-dealkylation sites (N-methyl/N-ethyl adjacent to an activating group) is 1. The van der Waals surface area contributed by atoms with Gasteiger partial charge in [0.05, 0.1) is 24.1 Å². The van der Waals surface area contributed by atoms with Crippen molar-refractivity contribution in [3.05, 3.63) is 23.8 Å². The third kappa shape index (κ3) is 3.82. The molecule has 1 aromatic carbocycles. The van der Waals surface area contributed by atoms with Crippen LogP contribution in [0.25, 0.3) is 0 Å². The highest BCUT2D eigenvalue weighted by atomic mass is 16.5. The number of anilines is 1. The Kier molecular flexibility index (Phi) is 4.97. The van der Waals surface area contributed by atoms with Gasteiger partial charge in [-0.3, -0.25) is 14.4 Å². The van der Waals surface area contributed by atoms with E-state index in [0.717, 1.165) is 12.8 Å². The van der Waals surface area contributed by atoms with E-state index in [-0.39, 0.29) is 49.0 Å². The van der Waals surface area contributed by atoms with Crippen molar-refractivity contribution < 1.29 is 29.0 Å². The summed E-state index contributed by atoms with van der Waals surface area (Å²) in [5, 5.41) is 11.9. The number of benzene rings is 1. The molecular formula is C20H24N2O6. The lowest BCUT2D eigenvalue weighted by Gasteiger charge is -2.42. The summed E-state index contributed by atoms with van der Waals surface area (Å²) in [7, 11) is 1.73. The lowest BCUT2D eigenvalue weighted by molar-refractivity contribution is -0.148. The quantitative estimate of drug-likeness (QED) is 0.816. The Morgan fingerprint density at radius 3 is 2.75 bits per heavy atom. The maximum absolute atomic E-state index is 13.1. The van der Waals surface area contributed by atoms with Crippen LogP contribution in [0, 0.1) is 5.92 Å². The number of nitrogens with one attached hydrogen (secondary N) is 1. The molecule has 8 nitrogen and oxygen atoms in total. The molecule has 1 aromatic rings. The summed E-state index contributed by atoms with van der Waals surface area (Å²) in [6.07, 6.45) is 2.25. The fourth-order valence-electron chi connectivity index (χ4n) is 3.89. The van der Waals surface area contributed by atoms with Crippen LogP contribution in [0.4, 0.5) is 5.69 Å². The minimum Gasteiger partial charge on any atom is -0.490 e. The third-order valence-corrected chi connectivity index (χ3v) is 5.63. The molecule has 28 heavy (non-hydrogen) atoms. The van der Waals surface area contributed by atoms with Crippen molar-refractivity contribution in [2.24, 2.45) is 5.92 Å². The molecule has 0 unspecified atom stereocenters. The molecule has 0 radical (unpaired) electrons. The highest BCUT2D eigenvalue weighted by Gasteiger charge is 2.39. The Balaban J connectivity index is 1.53. The van der Waals surface area contributed by atoms with Crippen molar-refractivity contribution in [1.82, 2.24) is 4.90 Å². The van der Waals surface area contributed by atoms with Crippen LogP contribution in [0.5, 0.6) is 5.75 Å². The Bertz CT molecular complexity index is 806. The monoisotopic (exact) mass is 388 g/mol. The van der Waals surface area contributed by atoms with E-state index in [1.807, 2.05) is 0 Å². The van der Waals surface area contributed by atoms with Crippen LogP contribution >= 0.6 is 0 Å². The number of ether oxygens (including phenoxy) is 2. The molecule has 0 bridgehead atoms. The molecule has 2 fully saturated rings. The molecule has 3 atom stereocenters. The van der Waals surface area contributed by atoms with Gasteiger partial charge in [-0.1, -0.05) is 0 Å². The first-order chi connectivity index (χ1) is 13.4.